The number of fused-ring (bicyclic) bond motifs is 7. The van der Waals surface area contributed by atoms with Crippen molar-refractivity contribution in [2.24, 2.45) is 52.3 Å². The van der Waals surface area contributed by atoms with Crippen molar-refractivity contribution in [1.29, 1.82) is 0 Å². The molecule has 182 valence electrons. The summed E-state index contributed by atoms with van der Waals surface area (Å²) >= 11 is 0. The molecule has 0 aromatic heterocycles. The summed E-state index contributed by atoms with van der Waals surface area (Å²) in [6, 6.07) is 0. The van der Waals surface area contributed by atoms with Crippen LogP contribution in [0.15, 0.2) is 0 Å². The van der Waals surface area contributed by atoms with Crippen LogP contribution in [-0.4, -0.2) is 40.4 Å². The second-order valence-electron chi connectivity index (χ2n) is 13.8. The van der Waals surface area contributed by atoms with Gasteiger partial charge in [-0.25, -0.2) is 0 Å². The molecule has 2 heterocycles. The molecular formula is C28H46O4. The van der Waals surface area contributed by atoms with E-state index in [2.05, 4.69) is 34.6 Å². The Morgan fingerprint density at radius 3 is 2.41 bits per heavy atom. The van der Waals surface area contributed by atoms with Gasteiger partial charge in [-0.15, -0.1) is 0 Å². The lowest BCUT2D eigenvalue weighted by atomic mass is 9.41. The Morgan fingerprint density at radius 1 is 0.906 bits per heavy atom. The van der Waals surface area contributed by atoms with Gasteiger partial charge in [-0.2, -0.15) is 0 Å². The lowest BCUT2D eigenvalue weighted by Crippen LogP contribution is -2.66. The monoisotopic (exact) mass is 446 g/mol. The van der Waals surface area contributed by atoms with Crippen LogP contribution >= 0.6 is 0 Å². The summed E-state index contributed by atoms with van der Waals surface area (Å²) in [5.74, 6) is 3.56. The predicted octanol–water partition coefficient (Wildman–Crippen LogP) is 5.15. The van der Waals surface area contributed by atoms with Gasteiger partial charge in [0, 0.05) is 18.8 Å². The third kappa shape index (κ3) is 2.65. The predicted molar refractivity (Wildman–Crippen MR) is 124 cm³/mol. The fourth-order valence-corrected chi connectivity index (χ4v) is 10.7. The maximum absolute atomic E-state index is 11.9. The van der Waals surface area contributed by atoms with Crippen LogP contribution in [0.3, 0.4) is 0 Å². The van der Waals surface area contributed by atoms with Gasteiger partial charge in [0.05, 0.1) is 24.4 Å². The summed E-state index contributed by atoms with van der Waals surface area (Å²) in [6.45, 7) is 12.8. The van der Waals surface area contributed by atoms with E-state index in [1.54, 1.807) is 0 Å². The van der Waals surface area contributed by atoms with Crippen LogP contribution in [0.2, 0.25) is 0 Å². The van der Waals surface area contributed by atoms with Crippen molar-refractivity contribution in [2.45, 2.75) is 116 Å². The van der Waals surface area contributed by atoms with E-state index in [1.807, 2.05) is 0 Å². The number of hydrogen-bond acceptors (Lipinski definition) is 4. The van der Waals surface area contributed by atoms with E-state index >= 15 is 0 Å². The Kier molecular flexibility index (Phi) is 4.85. The third-order valence-electron chi connectivity index (χ3n) is 12.5. The van der Waals surface area contributed by atoms with Crippen molar-refractivity contribution < 1.29 is 19.7 Å². The molecule has 4 aliphatic carbocycles. The van der Waals surface area contributed by atoms with Gasteiger partial charge in [0.25, 0.3) is 0 Å². The topological polar surface area (TPSA) is 58.9 Å². The quantitative estimate of drug-likeness (QED) is 0.540. The molecule has 2 N–H and O–H groups in total. The van der Waals surface area contributed by atoms with Crippen LogP contribution in [-0.2, 0) is 9.47 Å². The Labute approximate surface area is 194 Å². The van der Waals surface area contributed by atoms with Gasteiger partial charge in [0.2, 0.25) is 0 Å². The largest absolute Gasteiger partial charge is 0.393 e. The number of aliphatic hydroxyl groups is 2. The van der Waals surface area contributed by atoms with E-state index in [0.717, 1.165) is 32.3 Å². The first-order valence-electron chi connectivity index (χ1n) is 13.8. The van der Waals surface area contributed by atoms with Crippen LogP contribution < -0.4 is 0 Å². The average molecular weight is 447 g/mol. The van der Waals surface area contributed by atoms with E-state index in [4.69, 9.17) is 9.47 Å². The molecule has 32 heavy (non-hydrogen) atoms. The molecule has 4 saturated carbocycles. The van der Waals surface area contributed by atoms with Crippen molar-refractivity contribution in [3.63, 3.8) is 0 Å². The molecule has 4 heteroatoms. The lowest BCUT2D eigenvalue weighted by molar-refractivity contribution is -0.276. The van der Waals surface area contributed by atoms with Gasteiger partial charge in [-0.1, -0.05) is 34.6 Å². The average Bonchev–Trinajstić information content (AvgIpc) is 3.18. The van der Waals surface area contributed by atoms with Gasteiger partial charge in [0.15, 0.2) is 5.79 Å². The Bertz CT molecular complexity index is 761. The summed E-state index contributed by atoms with van der Waals surface area (Å²) in [5, 5.41) is 22.3. The first-order valence-corrected chi connectivity index (χ1v) is 13.8. The molecule has 6 rings (SSSR count). The van der Waals surface area contributed by atoms with Crippen molar-refractivity contribution in [3.05, 3.63) is 0 Å². The number of rotatable bonds is 0. The minimum atomic E-state index is -0.714. The molecule has 2 aliphatic heterocycles. The van der Waals surface area contributed by atoms with Crippen LogP contribution in [0.5, 0.6) is 0 Å². The molecular weight excluding hydrogens is 400 g/mol. The first-order chi connectivity index (χ1) is 15.0. The molecule has 1 spiro atoms. The number of aliphatic hydroxyl groups excluding tert-OH is 1. The zero-order valence-electron chi connectivity index (χ0n) is 21.0. The van der Waals surface area contributed by atoms with E-state index in [1.165, 1.54) is 25.7 Å². The lowest BCUT2D eigenvalue weighted by Gasteiger charge is -2.66. The summed E-state index contributed by atoms with van der Waals surface area (Å²) in [6.07, 6.45) is 9.42. The first kappa shape index (κ1) is 22.3. The SMILES string of the molecule is CC1CCC2(OC1)O[C@H]1CC3C4C[C@@H](C)[C@@]5(O)C[C@@H](O)CC[C@]5(C)C4CC[C@]3(C)C1C2C. The Morgan fingerprint density at radius 2 is 1.69 bits per heavy atom. The van der Waals surface area contributed by atoms with Gasteiger partial charge in [-0.3, -0.25) is 0 Å². The molecule has 4 nitrogen and oxygen atoms in total. The molecule has 2 saturated heterocycles. The molecule has 0 radical (unpaired) electrons. The number of hydrogen-bond donors (Lipinski definition) is 2. The van der Waals surface area contributed by atoms with Crippen LogP contribution in [0, 0.1) is 52.3 Å². The number of ether oxygens (including phenoxy) is 2. The van der Waals surface area contributed by atoms with Crippen LogP contribution in [0.1, 0.15) is 92.4 Å². The summed E-state index contributed by atoms with van der Waals surface area (Å²) in [7, 11) is 0. The highest BCUT2D eigenvalue weighted by molar-refractivity contribution is 5.19. The normalized spacial score (nSPS) is 64.0. The Hall–Kier alpha value is -0.160. The minimum absolute atomic E-state index is 0.0656. The summed E-state index contributed by atoms with van der Waals surface area (Å²) < 4.78 is 13.4. The molecule has 0 aromatic carbocycles. The van der Waals surface area contributed by atoms with Crippen molar-refractivity contribution >= 4 is 0 Å². The molecule has 6 aliphatic rings. The Balaban J connectivity index is 1.30. The maximum atomic E-state index is 11.9. The molecule has 13 atom stereocenters. The smallest absolute Gasteiger partial charge is 0.171 e. The zero-order valence-corrected chi connectivity index (χ0v) is 21.0. The maximum Gasteiger partial charge on any atom is 0.171 e. The fourth-order valence-electron chi connectivity index (χ4n) is 10.7. The standard InChI is InChI=1S/C28H46O4/c1-16-6-11-28(31-15-16)18(3)24-23(32-28)13-22-20-12-17(2)27(30)14-19(29)7-10-26(27,5)21(20)8-9-25(22,24)4/h16-24,29-30H,6-15H2,1-5H3/t16?,17-,18?,19+,20?,21?,22?,23+,24?,25+,26-,27+,28?/m1/s1. The molecule has 0 amide bonds. The van der Waals surface area contributed by atoms with Gasteiger partial charge in [0.1, 0.15) is 0 Å². The third-order valence-corrected chi connectivity index (χ3v) is 12.5. The molecule has 0 bridgehead atoms. The second kappa shape index (κ2) is 6.95. The van der Waals surface area contributed by atoms with Crippen molar-refractivity contribution in [3.8, 4) is 0 Å². The van der Waals surface area contributed by atoms with Gasteiger partial charge < -0.3 is 19.7 Å². The molecule has 0 aromatic rings. The summed E-state index contributed by atoms with van der Waals surface area (Å²) in [5.41, 5.74) is -0.459. The van der Waals surface area contributed by atoms with E-state index in [-0.39, 0.29) is 23.2 Å². The highest BCUT2D eigenvalue weighted by Crippen LogP contribution is 2.72. The highest BCUT2D eigenvalue weighted by Gasteiger charge is 2.71. The van der Waals surface area contributed by atoms with Crippen LogP contribution in [0.4, 0.5) is 0 Å². The van der Waals surface area contributed by atoms with E-state index in [0.29, 0.717) is 53.4 Å². The van der Waals surface area contributed by atoms with E-state index in [9.17, 15) is 10.2 Å². The molecule has 7 unspecified atom stereocenters. The van der Waals surface area contributed by atoms with Gasteiger partial charge >= 0.3 is 0 Å². The second-order valence-corrected chi connectivity index (χ2v) is 13.8. The van der Waals surface area contributed by atoms with Crippen molar-refractivity contribution in [1.82, 2.24) is 0 Å². The van der Waals surface area contributed by atoms with Crippen molar-refractivity contribution in [2.75, 3.05) is 6.61 Å². The fraction of sp³-hybridized carbons (Fsp3) is 1.00. The van der Waals surface area contributed by atoms with E-state index < -0.39 is 5.60 Å². The van der Waals surface area contributed by atoms with Gasteiger partial charge in [-0.05, 0) is 91.3 Å². The zero-order chi connectivity index (χ0) is 22.7. The van der Waals surface area contributed by atoms with Crippen LogP contribution in [0.25, 0.3) is 0 Å². The minimum Gasteiger partial charge on any atom is -0.393 e. The highest BCUT2D eigenvalue weighted by atomic mass is 16.7. The summed E-state index contributed by atoms with van der Waals surface area (Å²) in [4.78, 5) is 0. The molecule has 6 fully saturated rings.